The second-order valence-corrected chi connectivity index (χ2v) is 16.2. The molecule has 198 valence electrons. The molecule has 2 saturated heterocycles. The van der Waals surface area contributed by atoms with Gasteiger partial charge < -0.3 is 0 Å². The van der Waals surface area contributed by atoms with Crippen LogP contribution < -0.4 is 10.6 Å². The van der Waals surface area contributed by atoms with Gasteiger partial charge in [0.15, 0.2) is 0 Å². The molecule has 2 aliphatic rings. The van der Waals surface area contributed by atoms with Crippen LogP contribution >= 0.6 is 15.8 Å². The molecule has 5 aromatic rings. The fourth-order valence-electron chi connectivity index (χ4n) is 7.20. The molecule has 40 heavy (non-hydrogen) atoms. The highest BCUT2D eigenvalue weighted by Gasteiger charge is 2.44. The topological polar surface area (TPSA) is 0 Å². The minimum atomic E-state index is -0.416. The van der Waals surface area contributed by atoms with Crippen molar-refractivity contribution >= 4 is 26.5 Å². The lowest BCUT2D eigenvalue weighted by molar-refractivity contribution is 0.765. The van der Waals surface area contributed by atoms with Gasteiger partial charge in [0, 0.05) is 22.6 Å². The summed E-state index contributed by atoms with van der Waals surface area (Å²) in [5, 5.41) is 3.35. The fraction of sp³-hybridized carbons (Fsp3) is 0.211. The summed E-state index contributed by atoms with van der Waals surface area (Å²) in [6, 6.07) is 55.4. The minimum Gasteiger partial charge on any atom is -0.0622 e. The average Bonchev–Trinajstić information content (AvgIpc) is 3.68. The van der Waals surface area contributed by atoms with E-state index in [0.29, 0.717) is 22.6 Å². The quantitative estimate of drug-likeness (QED) is 0.183. The van der Waals surface area contributed by atoms with Gasteiger partial charge in [-0.3, -0.25) is 0 Å². The highest BCUT2D eigenvalue weighted by Crippen LogP contribution is 2.73. The van der Waals surface area contributed by atoms with Crippen molar-refractivity contribution in [3.63, 3.8) is 0 Å². The van der Waals surface area contributed by atoms with Crippen LogP contribution in [0.2, 0.25) is 0 Å². The summed E-state index contributed by atoms with van der Waals surface area (Å²) in [6.45, 7) is 0. The Hall–Kier alpha value is -3.04. The molecule has 0 nitrogen and oxygen atoms in total. The van der Waals surface area contributed by atoms with Gasteiger partial charge in [-0.1, -0.05) is 161 Å². The first kappa shape index (κ1) is 25.9. The second kappa shape index (κ2) is 11.8. The molecule has 0 radical (unpaired) electrons. The Balaban J connectivity index is 1.39. The summed E-state index contributed by atoms with van der Waals surface area (Å²) in [4.78, 5) is 0. The Kier molecular flexibility index (Phi) is 7.66. The van der Waals surface area contributed by atoms with Gasteiger partial charge in [0.1, 0.15) is 0 Å². The Morgan fingerprint density at radius 1 is 0.300 bits per heavy atom. The number of hydrogen-bond donors (Lipinski definition) is 0. The molecular formula is C38H36P2. The van der Waals surface area contributed by atoms with Gasteiger partial charge in [-0.25, -0.2) is 0 Å². The van der Waals surface area contributed by atoms with E-state index in [1.54, 1.807) is 10.6 Å². The van der Waals surface area contributed by atoms with Crippen LogP contribution in [0.1, 0.15) is 70.6 Å². The third-order valence-electron chi connectivity index (χ3n) is 8.95. The molecule has 2 heteroatoms. The average molecular weight is 555 g/mol. The summed E-state index contributed by atoms with van der Waals surface area (Å²) < 4.78 is 0. The van der Waals surface area contributed by atoms with E-state index >= 15 is 0 Å². The lowest BCUT2D eigenvalue weighted by Gasteiger charge is -2.34. The first-order chi connectivity index (χ1) is 19.9. The van der Waals surface area contributed by atoms with E-state index in [0.717, 1.165) is 0 Å². The van der Waals surface area contributed by atoms with Crippen molar-refractivity contribution in [3.05, 3.63) is 168 Å². The van der Waals surface area contributed by atoms with E-state index < -0.39 is 15.8 Å². The Labute approximate surface area is 242 Å². The molecule has 7 rings (SSSR count). The summed E-state index contributed by atoms with van der Waals surface area (Å²) in [5.74, 6) is 0. The predicted octanol–water partition coefficient (Wildman–Crippen LogP) is 10.5. The van der Waals surface area contributed by atoms with Gasteiger partial charge in [0.05, 0.1) is 0 Å². The van der Waals surface area contributed by atoms with E-state index in [4.69, 9.17) is 0 Å². The predicted molar refractivity (Wildman–Crippen MR) is 175 cm³/mol. The zero-order chi connectivity index (χ0) is 26.7. The molecule has 0 aromatic heterocycles. The van der Waals surface area contributed by atoms with Crippen molar-refractivity contribution in [2.45, 2.75) is 48.3 Å². The molecule has 0 N–H and O–H groups in total. The van der Waals surface area contributed by atoms with Gasteiger partial charge >= 0.3 is 0 Å². The monoisotopic (exact) mass is 554 g/mol. The molecule has 0 spiro atoms. The summed E-state index contributed by atoms with van der Waals surface area (Å²) >= 11 is 0. The van der Waals surface area contributed by atoms with Crippen LogP contribution in [0.15, 0.2) is 146 Å². The van der Waals surface area contributed by atoms with Crippen molar-refractivity contribution in [2.24, 2.45) is 0 Å². The maximum absolute atomic E-state index is 2.53. The summed E-state index contributed by atoms with van der Waals surface area (Å²) in [7, 11) is -0.833. The van der Waals surface area contributed by atoms with Crippen molar-refractivity contribution in [2.75, 3.05) is 0 Å². The third kappa shape index (κ3) is 4.98. The van der Waals surface area contributed by atoms with Gasteiger partial charge in [-0.05, 0) is 58.5 Å². The SMILES string of the molecule is c1ccc([C@H]2CC[C@H](c3ccccc3)P2c2ccccc2P2[C@@H](c3ccccc3)CC[C@@H]2c2ccccc2)cc1. The Morgan fingerprint density at radius 2 is 0.525 bits per heavy atom. The molecule has 4 atom stereocenters. The third-order valence-corrected chi connectivity index (χ3v) is 15.9. The molecule has 2 fully saturated rings. The molecule has 5 aromatic carbocycles. The number of rotatable bonds is 6. The highest BCUT2D eigenvalue weighted by atomic mass is 31.1. The molecular weight excluding hydrogens is 518 g/mol. The van der Waals surface area contributed by atoms with Crippen LogP contribution in [0.25, 0.3) is 0 Å². The lowest BCUT2D eigenvalue weighted by Crippen LogP contribution is -2.25. The second-order valence-electron chi connectivity index (χ2n) is 11.2. The van der Waals surface area contributed by atoms with Crippen molar-refractivity contribution in [3.8, 4) is 0 Å². The van der Waals surface area contributed by atoms with Crippen LogP contribution in [0, 0.1) is 0 Å². The van der Waals surface area contributed by atoms with E-state index in [-0.39, 0.29) is 0 Å². The van der Waals surface area contributed by atoms with Gasteiger partial charge in [-0.15, -0.1) is 0 Å². The molecule has 2 aliphatic heterocycles. The standard InChI is InChI=1S/C38H36P2/c1-5-15-29(16-6-1)33-25-26-34(30-17-7-2-8-18-30)39(33)37-23-13-14-24-38(37)40-35(31-19-9-3-10-20-31)27-28-36(40)32-21-11-4-12-22-32/h1-24,33-36H,25-28H2/t33-,34-,35-,36-/m1/s1. The molecule has 0 bridgehead atoms. The van der Waals surface area contributed by atoms with E-state index in [9.17, 15) is 0 Å². The summed E-state index contributed by atoms with van der Waals surface area (Å²) in [6.07, 6.45) is 5.08. The maximum Gasteiger partial charge on any atom is 0.00880 e. The van der Waals surface area contributed by atoms with Crippen molar-refractivity contribution in [1.82, 2.24) is 0 Å². The molecule has 0 saturated carbocycles. The van der Waals surface area contributed by atoms with Crippen LogP contribution in [-0.4, -0.2) is 0 Å². The van der Waals surface area contributed by atoms with Crippen molar-refractivity contribution in [1.29, 1.82) is 0 Å². The van der Waals surface area contributed by atoms with E-state index in [1.165, 1.54) is 47.9 Å². The van der Waals surface area contributed by atoms with E-state index in [1.807, 2.05) is 0 Å². The zero-order valence-electron chi connectivity index (χ0n) is 22.9. The first-order valence-electron chi connectivity index (χ1n) is 14.7. The Bertz CT molecular complexity index is 1300. The van der Waals surface area contributed by atoms with Gasteiger partial charge in [0.25, 0.3) is 0 Å². The van der Waals surface area contributed by atoms with Gasteiger partial charge in [0.2, 0.25) is 0 Å². The maximum atomic E-state index is 2.53. The zero-order valence-corrected chi connectivity index (χ0v) is 24.7. The van der Waals surface area contributed by atoms with Crippen LogP contribution in [0.4, 0.5) is 0 Å². The smallest absolute Gasteiger partial charge is 0.00880 e. The first-order valence-corrected chi connectivity index (χ1v) is 17.7. The number of hydrogen-bond acceptors (Lipinski definition) is 0. The highest BCUT2D eigenvalue weighted by molar-refractivity contribution is 7.73. The molecule has 0 unspecified atom stereocenters. The van der Waals surface area contributed by atoms with Crippen LogP contribution in [0.3, 0.4) is 0 Å². The van der Waals surface area contributed by atoms with Crippen LogP contribution in [-0.2, 0) is 0 Å². The number of benzene rings is 5. The van der Waals surface area contributed by atoms with Gasteiger partial charge in [-0.2, -0.15) is 0 Å². The molecule has 0 amide bonds. The Morgan fingerprint density at radius 3 is 0.775 bits per heavy atom. The fourth-order valence-corrected chi connectivity index (χ4v) is 15.0. The normalized spacial score (nSPS) is 23.4. The van der Waals surface area contributed by atoms with Crippen molar-refractivity contribution < 1.29 is 0 Å². The molecule has 0 aliphatic carbocycles. The minimum absolute atomic E-state index is 0.416. The van der Waals surface area contributed by atoms with E-state index in [2.05, 4.69) is 146 Å². The molecule has 2 heterocycles. The van der Waals surface area contributed by atoms with Crippen LogP contribution in [0.5, 0.6) is 0 Å². The summed E-state index contributed by atoms with van der Waals surface area (Å²) in [5.41, 5.74) is 8.52. The lowest BCUT2D eigenvalue weighted by atomic mass is 10.0. The largest absolute Gasteiger partial charge is 0.0622 e.